The summed E-state index contributed by atoms with van der Waals surface area (Å²) in [6.45, 7) is 3.47. The molecule has 0 radical (unpaired) electrons. The first kappa shape index (κ1) is 15.0. The van der Waals surface area contributed by atoms with E-state index >= 15 is 0 Å². The van der Waals surface area contributed by atoms with Crippen LogP contribution in [0.25, 0.3) is 0 Å². The molecule has 0 amide bonds. The molecule has 2 rings (SSSR count). The van der Waals surface area contributed by atoms with Crippen LogP contribution in [-0.4, -0.2) is 0 Å². The van der Waals surface area contributed by atoms with E-state index < -0.39 is 17.8 Å². The maximum Gasteiger partial charge on any atom is 0.418 e. The van der Waals surface area contributed by atoms with Crippen LogP contribution in [0.15, 0.2) is 34.7 Å². The minimum absolute atomic E-state index is 0.0330. The second-order valence-electron chi connectivity index (χ2n) is 4.68. The number of anilines is 1. The van der Waals surface area contributed by atoms with Gasteiger partial charge in [0.15, 0.2) is 0 Å². The van der Waals surface area contributed by atoms with Crippen LogP contribution < -0.4 is 5.32 Å². The van der Waals surface area contributed by atoms with E-state index in [1.165, 1.54) is 12.1 Å². The molecule has 0 saturated carbocycles. The highest BCUT2D eigenvalue weighted by Gasteiger charge is 2.34. The quantitative estimate of drug-likeness (QED) is 0.896. The van der Waals surface area contributed by atoms with Crippen molar-refractivity contribution < 1.29 is 17.6 Å². The molecule has 110 valence electrons. The van der Waals surface area contributed by atoms with Gasteiger partial charge in [0.1, 0.15) is 11.5 Å². The normalized spacial score (nSPS) is 12.8. The topological polar surface area (TPSA) is 49.0 Å². The number of rotatable bonds is 3. The van der Waals surface area contributed by atoms with Crippen LogP contribution >= 0.6 is 0 Å². The number of aryl methyl sites for hydroxylation is 1. The van der Waals surface area contributed by atoms with E-state index in [2.05, 4.69) is 5.32 Å². The Morgan fingerprint density at radius 1 is 1.24 bits per heavy atom. The van der Waals surface area contributed by atoms with Gasteiger partial charge < -0.3 is 9.73 Å². The van der Waals surface area contributed by atoms with E-state index in [1.54, 1.807) is 32.0 Å². The van der Waals surface area contributed by atoms with Gasteiger partial charge in [-0.1, -0.05) is 0 Å². The number of furan rings is 1. The fourth-order valence-corrected chi connectivity index (χ4v) is 1.96. The number of hydrogen-bond acceptors (Lipinski definition) is 3. The van der Waals surface area contributed by atoms with Crippen LogP contribution in [0.5, 0.6) is 0 Å². The van der Waals surface area contributed by atoms with Gasteiger partial charge in [-0.15, -0.1) is 0 Å². The second-order valence-corrected chi connectivity index (χ2v) is 4.68. The van der Waals surface area contributed by atoms with Crippen molar-refractivity contribution in [2.45, 2.75) is 26.1 Å². The van der Waals surface area contributed by atoms with Crippen LogP contribution in [0.1, 0.15) is 35.6 Å². The lowest BCUT2D eigenvalue weighted by molar-refractivity contribution is -0.137. The van der Waals surface area contributed by atoms with Crippen molar-refractivity contribution in [2.75, 3.05) is 5.32 Å². The van der Waals surface area contributed by atoms with Crippen molar-refractivity contribution in [3.05, 3.63) is 53.0 Å². The molecule has 0 fully saturated rings. The van der Waals surface area contributed by atoms with Crippen LogP contribution in [-0.2, 0) is 6.18 Å². The standard InChI is InChI=1S/C15H13F3N2O/c1-9-3-6-14(21-9)10(2)20-13-5-4-11(8-19)7-12(13)15(16,17)18/h3-7,10,20H,1-2H3. The Bertz CT molecular complexity index is 683. The smallest absolute Gasteiger partial charge is 0.418 e. The molecule has 1 heterocycles. The molecule has 0 spiro atoms. The molecule has 21 heavy (non-hydrogen) atoms. The zero-order valence-corrected chi connectivity index (χ0v) is 11.5. The highest BCUT2D eigenvalue weighted by molar-refractivity contribution is 5.56. The molecule has 0 aliphatic rings. The molecule has 3 nitrogen and oxygen atoms in total. The molecular formula is C15H13F3N2O. The van der Waals surface area contributed by atoms with E-state index in [0.717, 1.165) is 6.07 Å². The van der Waals surface area contributed by atoms with Crippen LogP contribution in [0, 0.1) is 18.3 Å². The Balaban J connectivity index is 2.33. The summed E-state index contributed by atoms with van der Waals surface area (Å²) in [7, 11) is 0. The van der Waals surface area contributed by atoms with Crippen LogP contribution in [0.4, 0.5) is 18.9 Å². The van der Waals surface area contributed by atoms with Gasteiger partial charge in [0, 0.05) is 5.69 Å². The molecular weight excluding hydrogens is 281 g/mol. The monoisotopic (exact) mass is 294 g/mol. The van der Waals surface area contributed by atoms with Gasteiger partial charge in [-0.05, 0) is 44.2 Å². The number of nitriles is 1. The zero-order chi connectivity index (χ0) is 15.6. The van der Waals surface area contributed by atoms with Gasteiger partial charge in [0.2, 0.25) is 0 Å². The third-order valence-corrected chi connectivity index (χ3v) is 3.01. The van der Waals surface area contributed by atoms with Gasteiger partial charge in [0.25, 0.3) is 0 Å². The molecule has 0 aliphatic heterocycles. The van der Waals surface area contributed by atoms with Gasteiger partial charge in [-0.3, -0.25) is 0 Å². The number of halogens is 3. The summed E-state index contributed by atoms with van der Waals surface area (Å²) in [5.41, 5.74) is -0.978. The Hall–Kier alpha value is -2.42. The largest absolute Gasteiger partial charge is 0.464 e. The van der Waals surface area contributed by atoms with Gasteiger partial charge >= 0.3 is 6.18 Å². The Kier molecular flexibility index (Phi) is 3.94. The summed E-state index contributed by atoms with van der Waals surface area (Å²) in [4.78, 5) is 0. The molecule has 1 aromatic heterocycles. The SMILES string of the molecule is Cc1ccc(C(C)Nc2ccc(C#N)cc2C(F)(F)F)o1. The Morgan fingerprint density at radius 3 is 2.48 bits per heavy atom. The van der Waals surface area contributed by atoms with E-state index in [-0.39, 0.29) is 11.3 Å². The van der Waals surface area contributed by atoms with Crippen molar-refractivity contribution in [3.8, 4) is 6.07 Å². The molecule has 1 aromatic carbocycles. The molecule has 1 N–H and O–H groups in total. The van der Waals surface area contributed by atoms with E-state index in [4.69, 9.17) is 9.68 Å². The number of nitrogens with one attached hydrogen (secondary N) is 1. The highest BCUT2D eigenvalue weighted by atomic mass is 19.4. The maximum absolute atomic E-state index is 13.0. The molecule has 0 aliphatic carbocycles. The van der Waals surface area contributed by atoms with Crippen molar-refractivity contribution in [3.63, 3.8) is 0 Å². The lowest BCUT2D eigenvalue weighted by atomic mass is 10.1. The molecule has 6 heteroatoms. The zero-order valence-electron chi connectivity index (χ0n) is 11.5. The minimum atomic E-state index is -4.53. The maximum atomic E-state index is 13.0. The summed E-state index contributed by atoms with van der Waals surface area (Å²) < 4.78 is 44.5. The van der Waals surface area contributed by atoms with E-state index in [1.807, 2.05) is 0 Å². The van der Waals surface area contributed by atoms with Crippen LogP contribution in [0.2, 0.25) is 0 Å². The second kappa shape index (κ2) is 5.52. The molecule has 1 atom stereocenters. The fraction of sp³-hybridized carbons (Fsp3) is 0.267. The average Bonchev–Trinajstić information content (AvgIpc) is 2.84. The first-order valence-electron chi connectivity index (χ1n) is 6.25. The summed E-state index contributed by atoms with van der Waals surface area (Å²) in [6.07, 6.45) is -4.53. The number of alkyl halides is 3. The summed E-state index contributed by atoms with van der Waals surface area (Å²) in [5.74, 6) is 1.24. The minimum Gasteiger partial charge on any atom is -0.464 e. The molecule has 0 saturated heterocycles. The predicted octanol–water partition coefficient (Wildman–Crippen LogP) is 4.65. The number of hydrogen-bond donors (Lipinski definition) is 1. The van der Waals surface area contributed by atoms with Crippen LogP contribution in [0.3, 0.4) is 0 Å². The Labute approximate surface area is 120 Å². The Morgan fingerprint density at radius 2 is 1.95 bits per heavy atom. The predicted molar refractivity (Wildman–Crippen MR) is 71.6 cm³/mol. The average molecular weight is 294 g/mol. The first-order valence-corrected chi connectivity index (χ1v) is 6.25. The first-order chi connectivity index (χ1) is 9.81. The van der Waals surface area contributed by atoms with Crippen molar-refractivity contribution in [2.24, 2.45) is 0 Å². The van der Waals surface area contributed by atoms with E-state index in [0.29, 0.717) is 11.5 Å². The van der Waals surface area contributed by atoms with Crippen molar-refractivity contribution in [1.29, 1.82) is 5.26 Å². The highest BCUT2D eigenvalue weighted by Crippen LogP contribution is 2.36. The third kappa shape index (κ3) is 3.37. The summed E-state index contributed by atoms with van der Waals surface area (Å²) in [6, 6.07) is 8.18. The van der Waals surface area contributed by atoms with Crippen molar-refractivity contribution >= 4 is 5.69 Å². The van der Waals surface area contributed by atoms with Crippen molar-refractivity contribution in [1.82, 2.24) is 0 Å². The summed E-state index contributed by atoms with van der Waals surface area (Å²) in [5, 5.41) is 11.5. The third-order valence-electron chi connectivity index (χ3n) is 3.01. The lowest BCUT2D eigenvalue weighted by Crippen LogP contribution is -2.13. The molecule has 2 aromatic rings. The molecule has 1 unspecified atom stereocenters. The molecule has 0 bridgehead atoms. The summed E-state index contributed by atoms with van der Waals surface area (Å²) >= 11 is 0. The van der Waals surface area contributed by atoms with Gasteiger partial charge in [0.05, 0.1) is 23.2 Å². The van der Waals surface area contributed by atoms with Gasteiger partial charge in [-0.2, -0.15) is 18.4 Å². The van der Waals surface area contributed by atoms with E-state index in [9.17, 15) is 13.2 Å². The number of nitrogens with zero attached hydrogens (tertiary/aromatic N) is 1. The number of benzene rings is 1. The van der Waals surface area contributed by atoms with Gasteiger partial charge in [-0.25, -0.2) is 0 Å². The fourth-order valence-electron chi connectivity index (χ4n) is 1.96. The lowest BCUT2D eigenvalue weighted by Gasteiger charge is -2.18.